The van der Waals surface area contributed by atoms with E-state index in [0.717, 1.165) is 12.0 Å². The molecule has 0 aromatic heterocycles. The fourth-order valence-electron chi connectivity index (χ4n) is 0.796. The fraction of sp³-hybridized carbons (Fsp3) is 0.250. The number of benzene rings is 1. The standard InChI is InChI=1S/C8H10O.K/c1-2-7-5-3-4-6-8(7)9;/h3-6,9H,2H2,1H3;/q;+1/p-1. The van der Waals surface area contributed by atoms with E-state index in [4.69, 9.17) is 0 Å². The molecule has 0 fully saturated rings. The van der Waals surface area contributed by atoms with Crippen LogP contribution in [0, 0.1) is 0 Å². The molecule has 0 aliphatic carbocycles. The molecule has 0 aliphatic heterocycles. The van der Waals surface area contributed by atoms with E-state index in [2.05, 4.69) is 0 Å². The molecule has 0 amide bonds. The minimum atomic E-state index is 0. The fourth-order valence-corrected chi connectivity index (χ4v) is 0.796. The normalized spacial score (nSPS) is 8.50. The van der Waals surface area contributed by atoms with Crippen molar-refractivity contribution in [1.29, 1.82) is 0 Å². The molecule has 48 valence electrons. The molecule has 1 rings (SSSR count). The third-order valence-corrected chi connectivity index (χ3v) is 1.35. The predicted octanol–water partition coefficient (Wildman–Crippen LogP) is -1.67. The second kappa shape index (κ2) is 5.33. The molecule has 1 nitrogen and oxygen atoms in total. The van der Waals surface area contributed by atoms with Gasteiger partial charge in [0.05, 0.1) is 0 Å². The van der Waals surface area contributed by atoms with Gasteiger partial charge in [0.1, 0.15) is 0 Å². The van der Waals surface area contributed by atoms with Crippen LogP contribution in [0.2, 0.25) is 0 Å². The van der Waals surface area contributed by atoms with Gasteiger partial charge in [0.25, 0.3) is 0 Å². The average molecular weight is 160 g/mol. The molecule has 0 heterocycles. The Labute approximate surface area is 104 Å². The molecule has 1 aromatic rings. The summed E-state index contributed by atoms with van der Waals surface area (Å²) in [5.41, 5.74) is 0.900. The van der Waals surface area contributed by atoms with Gasteiger partial charge in [-0.05, 0) is 6.42 Å². The molecule has 0 bridgehead atoms. The molecule has 0 saturated heterocycles. The summed E-state index contributed by atoms with van der Waals surface area (Å²) in [6.45, 7) is 1.98. The van der Waals surface area contributed by atoms with E-state index in [9.17, 15) is 5.11 Å². The molecule has 0 saturated carbocycles. The minimum Gasteiger partial charge on any atom is -0.872 e. The summed E-state index contributed by atoms with van der Waals surface area (Å²) in [5, 5.41) is 10.9. The van der Waals surface area contributed by atoms with Crippen molar-refractivity contribution in [3.8, 4) is 5.75 Å². The SMILES string of the molecule is CCc1ccccc1[O-].[K+]. The van der Waals surface area contributed by atoms with Crippen molar-refractivity contribution in [2.75, 3.05) is 0 Å². The van der Waals surface area contributed by atoms with E-state index in [1.54, 1.807) is 12.1 Å². The quantitative estimate of drug-likeness (QED) is 0.450. The molecule has 10 heavy (non-hydrogen) atoms. The molecule has 1 aromatic carbocycles. The van der Waals surface area contributed by atoms with E-state index >= 15 is 0 Å². The van der Waals surface area contributed by atoms with Crippen LogP contribution < -0.4 is 56.5 Å². The summed E-state index contributed by atoms with van der Waals surface area (Å²) < 4.78 is 0. The predicted molar refractivity (Wildman–Crippen MR) is 35.3 cm³/mol. The number of hydrogen-bond donors (Lipinski definition) is 0. The van der Waals surface area contributed by atoms with Crippen molar-refractivity contribution < 1.29 is 56.5 Å². The minimum absolute atomic E-state index is 0. The van der Waals surface area contributed by atoms with Crippen LogP contribution in [0.5, 0.6) is 5.75 Å². The summed E-state index contributed by atoms with van der Waals surface area (Å²) in [6.07, 6.45) is 0.833. The van der Waals surface area contributed by atoms with Crippen molar-refractivity contribution in [1.82, 2.24) is 0 Å². The topological polar surface area (TPSA) is 23.1 Å². The Morgan fingerprint density at radius 1 is 1.30 bits per heavy atom. The Hall–Kier alpha value is 0.656. The average Bonchev–Trinajstić information content (AvgIpc) is 1.89. The van der Waals surface area contributed by atoms with Gasteiger partial charge in [-0.15, -0.1) is 5.75 Å². The van der Waals surface area contributed by atoms with E-state index in [1.807, 2.05) is 19.1 Å². The van der Waals surface area contributed by atoms with Crippen molar-refractivity contribution >= 4 is 0 Å². The second-order valence-corrected chi connectivity index (χ2v) is 1.96. The Balaban J connectivity index is 0.000000810. The Morgan fingerprint density at radius 2 is 1.90 bits per heavy atom. The Bertz CT molecular complexity index is 198. The Kier molecular flexibility index (Phi) is 5.68. The largest absolute Gasteiger partial charge is 1.00 e. The first-order valence-corrected chi connectivity index (χ1v) is 3.09. The summed E-state index contributed by atoms with van der Waals surface area (Å²) in [7, 11) is 0. The zero-order valence-electron chi connectivity index (χ0n) is 6.42. The van der Waals surface area contributed by atoms with Crippen LogP contribution >= 0.6 is 0 Å². The van der Waals surface area contributed by atoms with Gasteiger partial charge in [-0.1, -0.05) is 36.8 Å². The summed E-state index contributed by atoms with van der Waals surface area (Å²) in [4.78, 5) is 0. The van der Waals surface area contributed by atoms with Crippen LogP contribution in [0.15, 0.2) is 24.3 Å². The van der Waals surface area contributed by atoms with Gasteiger partial charge in [0.2, 0.25) is 0 Å². The van der Waals surface area contributed by atoms with Gasteiger partial charge in [-0.3, -0.25) is 0 Å². The van der Waals surface area contributed by atoms with E-state index in [1.165, 1.54) is 0 Å². The maximum atomic E-state index is 10.9. The molecule has 0 aliphatic rings. The number of para-hydroxylation sites is 1. The summed E-state index contributed by atoms with van der Waals surface area (Å²) in [6, 6.07) is 7.11. The molecular weight excluding hydrogens is 151 g/mol. The van der Waals surface area contributed by atoms with E-state index in [0.29, 0.717) is 0 Å². The zero-order chi connectivity index (χ0) is 6.69. The number of aryl methyl sites for hydroxylation is 1. The summed E-state index contributed by atoms with van der Waals surface area (Å²) in [5.74, 6) is 0.153. The monoisotopic (exact) mass is 160 g/mol. The van der Waals surface area contributed by atoms with Crippen LogP contribution in [0.1, 0.15) is 12.5 Å². The van der Waals surface area contributed by atoms with Crippen molar-refractivity contribution in [2.45, 2.75) is 13.3 Å². The van der Waals surface area contributed by atoms with Crippen LogP contribution in [-0.2, 0) is 6.42 Å². The molecule has 0 atom stereocenters. The molecule has 2 heteroatoms. The maximum absolute atomic E-state index is 10.9. The molecule has 0 radical (unpaired) electrons. The molecule has 0 N–H and O–H groups in total. The molecule has 0 unspecified atom stereocenters. The van der Waals surface area contributed by atoms with Crippen molar-refractivity contribution in [3.05, 3.63) is 29.8 Å². The van der Waals surface area contributed by atoms with Crippen molar-refractivity contribution in [3.63, 3.8) is 0 Å². The van der Waals surface area contributed by atoms with Crippen LogP contribution in [0.25, 0.3) is 0 Å². The van der Waals surface area contributed by atoms with Gasteiger partial charge in [0, 0.05) is 0 Å². The van der Waals surface area contributed by atoms with Crippen LogP contribution in [0.4, 0.5) is 0 Å². The summed E-state index contributed by atoms with van der Waals surface area (Å²) >= 11 is 0. The van der Waals surface area contributed by atoms with Gasteiger partial charge < -0.3 is 5.11 Å². The molecular formula is C8H9KO. The molecule has 0 spiro atoms. The van der Waals surface area contributed by atoms with Gasteiger partial charge in [0.15, 0.2) is 0 Å². The Morgan fingerprint density at radius 3 is 2.30 bits per heavy atom. The third-order valence-electron chi connectivity index (χ3n) is 1.35. The first-order chi connectivity index (χ1) is 4.34. The first-order valence-electron chi connectivity index (χ1n) is 3.09. The van der Waals surface area contributed by atoms with Crippen molar-refractivity contribution in [2.24, 2.45) is 0 Å². The zero-order valence-corrected chi connectivity index (χ0v) is 9.55. The van der Waals surface area contributed by atoms with Gasteiger partial charge in [-0.2, -0.15) is 0 Å². The van der Waals surface area contributed by atoms with Crippen LogP contribution in [-0.4, -0.2) is 0 Å². The van der Waals surface area contributed by atoms with E-state index in [-0.39, 0.29) is 57.1 Å². The van der Waals surface area contributed by atoms with Crippen LogP contribution in [0.3, 0.4) is 0 Å². The maximum Gasteiger partial charge on any atom is 1.00 e. The van der Waals surface area contributed by atoms with Gasteiger partial charge >= 0.3 is 51.4 Å². The smallest absolute Gasteiger partial charge is 0.872 e. The number of rotatable bonds is 1. The first kappa shape index (κ1) is 10.7. The third kappa shape index (κ3) is 2.72. The van der Waals surface area contributed by atoms with Gasteiger partial charge in [-0.25, -0.2) is 0 Å². The van der Waals surface area contributed by atoms with E-state index < -0.39 is 0 Å². The second-order valence-electron chi connectivity index (χ2n) is 1.96. The number of hydrogen-bond acceptors (Lipinski definition) is 1.